The number of nitrogens with zero attached hydrogens (tertiary/aromatic N) is 3. The lowest BCUT2D eigenvalue weighted by Crippen LogP contribution is -2.32. The summed E-state index contributed by atoms with van der Waals surface area (Å²) in [5.41, 5.74) is 1.02. The van der Waals surface area contributed by atoms with E-state index >= 15 is 0 Å². The van der Waals surface area contributed by atoms with Gasteiger partial charge in [0.2, 0.25) is 5.95 Å². The number of rotatable bonds is 3. The van der Waals surface area contributed by atoms with Crippen LogP contribution in [0, 0.1) is 11.8 Å². The molecule has 2 atom stereocenters. The number of carbonyl (C=O) groups is 1. The Labute approximate surface area is 128 Å². The van der Waals surface area contributed by atoms with Gasteiger partial charge in [-0.05, 0) is 44.2 Å². The third-order valence-electron chi connectivity index (χ3n) is 4.92. The molecular formula is C17H19N3O2. The summed E-state index contributed by atoms with van der Waals surface area (Å²) in [5, 5.41) is 0.530. The second kappa shape index (κ2) is 4.66. The van der Waals surface area contributed by atoms with Gasteiger partial charge in [-0.25, -0.2) is 4.98 Å². The summed E-state index contributed by atoms with van der Waals surface area (Å²) < 4.78 is 1.73. The fraction of sp³-hybridized carbons (Fsp3) is 0.471. The Morgan fingerprint density at radius 3 is 2.68 bits per heavy atom. The lowest BCUT2D eigenvalue weighted by molar-refractivity contribution is 0.101. The Hall–Kier alpha value is -2.17. The van der Waals surface area contributed by atoms with E-state index in [1.54, 1.807) is 22.8 Å². The standard InChI is InChI=1S/C17H19N3O2/c1-3-20-16(22)14-6-4-5-13(10(2)21)15(14)18-17(20)19-8-11-7-12(11)9-19/h4-6,11-12H,3,7-9H2,1-2H3. The van der Waals surface area contributed by atoms with Crippen molar-refractivity contribution in [3.8, 4) is 0 Å². The molecule has 2 heterocycles. The van der Waals surface area contributed by atoms with E-state index in [1.165, 1.54) is 13.3 Å². The number of hydrogen-bond donors (Lipinski definition) is 0. The van der Waals surface area contributed by atoms with Gasteiger partial charge in [0, 0.05) is 25.2 Å². The van der Waals surface area contributed by atoms with Crippen molar-refractivity contribution in [3.05, 3.63) is 34.1 Å². The third-order valence-corrected chi connectivity index (χ3v) is 4.92. The van der Waals surface area contributed by atoms with E-state index < -0.39 is 0 Å². The van der Waals surface area contributed by atoms with Gasteiger partial charge in [-0.15, -0.1) is 0 Å². The van der Waals surface area contributed by atoms with Crippen molar-refractivity contribution in [1.82, 2.24) is 9.55 Å². The molecule has 5 nitrogen and oxygen atoms in total. The van der Waals surface area contributed by atoms with Gasteiger partial charge in [0.1, 0.15) is 0 Å². The maximum atomic E-state index is 12.8. The summed E-state index contributed by atoms with van der Waals surface area (Å²) in [6.07, 6.45) is 1.30. The van der Waals surface area contributed by atoms with Crippen LogP contribution in [-0.2, 0) is 6.54 Å². The second-order valence-electron chi connectivity index (χ2n) is 6.38. The molecule has 4 rings (SSSR count). The quantitative estimate of drug-likeness (QED) is 0.814. The Morgan fingerprint density at radius 2 is 2.05 bits per heavy atom. The fourth-order valence-corrected chi connectivity index (χ4v) is 3.61. The first kappa shape index (κ1) is 13.5. The summed E-state index contributed by atoms with van der Waals surface area (Å²) in [6, 6.07) is 5.26. The molecular weight excluding hydrogens is 278 g/mol. The molecule has 1 aromatic heterocycles. The number of carbonyl (C=O) groups excluding carboxylic acids is 1. The van der Waals surface area contributed by atoms with Crippen LogP contribution in [0.2, 0.25) is 0 Å². The Kier molecular flexibility index (Phi) is 2.86. The molecule has 2 aromatic rings. The van der Waals surface area contributed by atoms with Crippen LogP contribution in [0.4, 0.5) is 5.95 Å². The molecule has 0 amide bonds. The highest BCUT2D eigenvalue weighted by molar-refractivity contribution is 6.05. The molecule has 1 saturated heterocycles. The Bertz CT molecular complexity index is 830. The van der Waals surface area contributed by atoms with Crippen LogP contribution in [0.3, 0.4) is 0 Å². The maximum Gasteiger partial charge on any atom is 0.262 e. The van der Waals surface area contributed by atoms with E-state index in [4.69, 9.17) is 4.98 Å². The number of benzene rings is 1. The molecule has 1 aliphatic carbocycles. The zero-order chi connectivity index (χ0) is 15.4. The smallest absolute Gasteiger partial charge is 0.262 e. The monoisotopic (exact) mass is 297 g/mol. The molecule has 2 aliphatic rings. The predicted molar refractivity (Wildman–Crippen MR) is 85.5 cm³/mol. The van der Waals surface area contributed by atoms with Gasteiger partial charge in [0.25, 0.3) is 5.56 Å². The van der Waals surface area contributed by atoms with Gasteiger partial charge in [-0.2, -0.15) is 0 Å². The summed E-state index contributed by atoms with van der Waals surface area (Å²) in [4.78, 5) is 31.6. The van der Waals surface area contributed by atoms with Gasteiger partial charge < -0.3 is 4.90 Å². The first-order valence-corrected chi connectivity index (χ1v) is 7.89. The van der Waals surface area contributed by atoms with Crippen molar-refractivity contribution in [1.29, 1.82) is 0 Å². The number of para-hydroxylation sites is 1. The van der Waals surface area contributed by atoms with Crippen molar-refractivity contribution in [2.24, 2.45) is 11.8 Å². The van der Waals surface area contributed by atoms with Crippen LogP contribution >= 0.6 is 0 Å². The van der Waals surface area contributed by atoms with E-state index in [9.17, 15) is 9.59 Å². The molecule has 1 aromatic carbocycles. The summed E-state index contributed by atoms with van der Waals surface area (Å²) in [6.45, 7) is 6.03. The molecule has 2 fully saturated rings. The molecule has 114 valence electrons. The van der Waals surface area contributed by atoms with Crippen molar-refractivity contribution in [2.45, 2.75) is 26.8 Å². The first-order valence-electron chi connectivity index (χ1n) is 7.89. The van der Waals surface area contributed by atoms with Crippen molar-refractivity contribution < 1.29 is 4.79 Å². The van der Waals surface area contributed by atoms with Gasteiger partial charge in [0.05, 0.1) is 10.9 Å². The van der Waals surface area contributed by atoms with Crippen LogP contribution in [0.1, 0.15) is 30.6 Å². The first-order chi connectivity index (χ1) is 10.6. The van der Waals surface area contributed by atoms with Crippen LogP contribution in [-0.4, -0.2) is 28.4 Å². The SMILES string of the molecule is CCn1c(N2CC3CC3C2)nc2c(C(C)=O)cccc2c1=O. The maximum absolute atomic E-state index is 12.8. The van der Waals surface area contributed by atoms with Crippen LogP contribution in [0.25, 0.3) is 10.9 Å². The minimum atomic E-state index is -0.0537. The van der Waals surface area contributed by atoms with Crippen LogP contribution in [0.5, 0.6) is 0 Å². The van der Waals surface area contributed by atoms with E-state index in [2.05, 4.69) is 4.90 Å². The summed E-state index contributed by atoms with van der Waals surface area (Å²) >= 11 is 0. The van der Waals surface area contributed by atoms with Crippen LogP contribution < -0.4 is 10.5 Å². The minimum Gasteiger partial charge on any atom is -0.342 e. The average Bonchev–Trinajstić information content (AvgIpc) is 3.12. The lowest BCUT2D eigenvalue weighted by atomic mass is 10.1. The van der Waals surface area contributed by atoms with E-state index in [0.29, 0.717) is 23.0 Å². The number of aromatic nitrogens is 2. The number of Topliss-reactive ketones (excluding diaryl/α,β-unsaturated/α-hetero) is 1. The Balaban J connectivity index is 1.96. The largest absolute Gasteiger partial charge is 0.342 e. The normalized spacial score (nSPS) is 22.9. The number of piperidine rings is 1. The average molecular weight is 297 g/mol. The molecule has 1 aliphatic heterocycles. The molecule has 0 radical (unpaired) electrons. The van der Waals surface area contributed by atoms with Crippen molar-refractivity contribution >= 4 is 22.6 Å². The molecule has 2 unspecified atom stereocenters. The highest BCUT2D eigenvalue weighted by atomic mass is 16.1. The fourth-order valence-electron chi connectivity index (χ4n) is 3.61. The number of hydrogen-bond acceptors (Lipinski definition) is 4. The zero-order valence-electron chi connectivity index (χ0n) is 12.9. The third kappa shape index (κ3) is 1.88. The molecule has 0 N–H and O–H groups in total. The molecule has 5 heteroatoms. The number of fused-ring (bicyclic) bond motifs is 2. The molecule has 0 spiro atoms. The summed E-state index contributed by atoms with van der Waals surface area (Å²) in [7, 11) is 0. The highest BCUT2D eigenvalue weighted by Gasteiger charge is 2.46. The minimum absolute atomic E-state index is 0.0498. The lowest BCUT2D eigenvalue weighted by Gasteiger charge is -2.23. The van der Waals surface area contributed by atoms with E-state index in [0.717, 1.165) is 30.9 Å². The van der Waals surface area contributed by atoms with E-state index in [-0.39, 0.29) is 11.3 Å². The number of ketones is 1. The molecule has 22 heavy (non-hydrogen) atoms. The van der Waals surface area contributed by atoms with E-state index in [1.807, 2.05) is 6.92 Å². The zero-order valence-corrected chi connectivity index (χ0v) is 12.9. The van der Waals surface area contributed by atoms with Crippen molar-refractivity contribution in [3.63, 3.8) is 0 Å². The van der Waals surface area contributed by atoms with Gasteiger partial charge in [0.15, 0.2) is 5.78 Å². The van der Waals surface area contributed by atoms with Gasteiger partial charge in [-0.3, -0.25) is 14.2 Å². The number of anilines is 1. The molecule has 0 bridgehead atoms. The van der Waals surface area contributed by atoms with Crippen molar-refractivity contribution in [2.75, 3.05) is 18.0 Å². The highest BCUT2D eigenvalue weighted by Crippen LogP contribution is 2.45. The van der Waals surface area contributed by atoms with Gasteiger partial charge in [-0.1, -0.05) is 6.07 Å². The topological polar surface area (TPSA) is 55.2 Å². The van der Waals surface area contributed by atoms with Crippen LogP contribution in [0.15, 0.2) is 23.0 Å². The Morgan fingerprint density at radius 1 is 1.32 bits per heavy atom. The van der Waals surface area contributed by atoms with Gasteiger partial charge >= 0.3 is 0 Å². The molecule has 1 saturated carbocycles. The second-order valence-corrected chi connectivity index (χ2v) is 6.38. The predicted octanol–water partition coefficient (Wildman–Crippen LogP) is 2.08. The summed E-state index contributed by atoms with van der Waals surface area (Å²) in [5.74, 6) is 2.20.